The first-order chi connectivity index (χ1) is 8.63. The SMILES string of the molecule is C=C(C)C[Si](C)(c1ccccc1)c1ccccc1. The van der Waals surface area contributed by atoms with Crippen LogP contribution in [0.4, 0.5) is 0 Å². The molecular weight excluding hydrogens is 232 g/mol. The van der Waals surface area contributed by atoms with Gasteiger partial charge in [0.1, 0.15) is 8.07 Å². The molecule has 1 heteroatoms. The minimum atomic E-state index is -1.66. The molecule has 0 atom stereocenters. The molecule has 0 unspecified atom stereocenters. The maximum absolute atomic E-state index is 4.13. The van der Waals surface area contributed by atoms with Gasteiger partial charge < -0.3 is 0 Å². The summed E-state index contributed by atoms with van der Waals surface area (Å²) in [6.45, 7) is 8.70. The first kappa shape index (κ1) is 12.8. The van der Waals surface area contributed by atoms with Crippen molar-refractivity contribution >= 4 is 18.4 Å². The Kier molecular flexibility index (Phi) is 3.83. The van der Waals surface area contributed by atoms with Crippen LogP contribution in [0.25, 0.3) is 0 Å². The van der Waals surface area contributed by atoms with Crippen molar-refractivity contribution in [2.24, 2.45) is 0 Å². The van der Waals surface area contributed by atoms with Crippen LogP contribution in [0.15, 0.2) is 72.8 Å². The Balaban J connectivity index is 2.51. The second-order valence-corrected chi connectivity index (χ2v) is 9.37. The molecule has 2 aromatic carbocycles. The Morgan fingerprint density at radius 3 is 1.61 bits per heavy atom. The van der Waals surface area contributed by atoms with Crippen LogP contribution in [-0.2, 0) is 0 Å². The number of hydrogen-bond acceptors (Lipinski definition) is 0. The standard InChI is InChI=1S/C17H20Si/c1-15(2)14-18(3,16-10-6-4-7-11-16)17-12-8-5-9-13-17/h4-13H,1,14H2,2-3H3. The van der Waals surface area contributed by atoms with Gasteiger partial charge in [-0.05, 0) is 13.0 Å². The zero-order chi connectivity index (χ0) is 13.0. The number of benzene rings is 2. The molecule has 0 radical (unpaired) electrons. The molecule has 0 aromatic heterocycles. The van der Waals surface area contributed by atoms with Gasteiger partial charge >= 0.3 is 0 Å². The molecule has 18 heavy (non-hydrogen) atoms. The number of rotatable bonds is 4. The Morgan fingerprint density at radius 1 is 0.889 bits per heavy atom. The third-order valence-corrected chi connectivity index (χ3v) is 8.00. The monoisotopic (exact) mass is 252 g/mol. The lowest BCUT2D eigenvalue weighted by Crippen LogP contribution is -2.55. The van der Waals surface area contributed by atoms with Gasteiger partial charge in [-0.15, -0.1) is 6.58 Å². The van der Waals surface area contributed by atoms with Crippen LogP contribution in [0.3, 0.4) is 0 Å². The summed E-state index contributed by atoms with van der Waals surface area (Å²) in [7, 11) is -1.66. The molecule has 0 saturated carbocycles. The van der Waals surface area contributed by atoms with Crippen LogP contribution < -0.4 is 10.4 Å². The molecule has 0 N–H and O–H groups in total. The van der Waals surface area contributed by atoms with Crippen molar-refractivity contribution in [2.45, 2.75) is 19.5 Å². The van der Waals surface area contributed by atoms with Crippen molar-refractivity contribution < 1.29 is 0 Å². The van der Waals surface area contributed by atoms with Crippen LogP contribution in [0.5, 0.6) is 0 Å². The van der Waals surface area contributed by atoms with E-state index in [1.807, 2.05) is 0 Å². The predicted octanol–water partition coefficient (Wildman–Crippen LogP) is 3.46. The summed E-state index contributed by atoms with van der Waals surface area (Å²) < 4.78 is 0. The lowest BCUT2D eigenvalue weighted by molar-refractivity contribution is 1.36. The summed E-state index contributed by atoms with van der Waals surface area (Å²) in [4.78, 5) is 0. The van der Waals surface area contributed by atoms with Gasteiger partial charge in [0.05, 0.1) is 0 Å². The smallest absolute Gasteiger partial charge is 0.100 e. The van der Waals surface area contributed by atoms with Gasteiger partial charge in [0.2, 0.25) is 0 Å². The van der Waals surface area contributed by atoms with E-state index in [1.54, 1.807) is 0 Å². The van der Waals surface area contributed by atoms with Crippen LogP contribution >= 0.6 is 0 Å². The number of hydrogen-bond donors (Lipinski definition) is 0. The van der Waals surface area contributed by atoms with E-state index in [9.17, 15) is 0 Å². The van der Waals surface area contributed by atoms with Crippen LogP contribution in [0, 0.1) is 0 Å². The fraction of sp³-hybridized carbons (Fsp3) is 0.176. The highest BCUT2D eigenvalue weighted by atomic mass is 28.3. The van der Waals surface area contributed by atoms with E-state index in [-0.39, 0.29) is 0 Å². The second-order valence-electron chi connectivity index (χ2n) is 5.20. The van der Waals surface area contributed by atoms with Crippen molar-refractivity contribution in [2.75, 3.05) is 0 Å². The molecule has 2 aromatic rings. The fourth-order valence-corrected chi connectivity index (χ4v) is 6.39. The van der Waals surface area contributed by atoms with Gasteiger partial charge in [0.25, 0.3) is 0 Å². The summed E-state index contributed by atoms with van der Waals surface area (Å²) >= 11 is 0. The quantitative estimate of drug-likeness (QED) is 0.577. The van der Waals surface area contributed by atoms with Crippen molar-refractivity contribution in [3.8, 4) is 0 Å². The second kappa shape index (κ2) is 5.36. The van der Waals surface area contributed by atoms with Gasteiger partial charge in [-0.1, -0.05) is 83.2 Å². The van der Waals surface area contributed by atoms with Crippen molar-refractivity contribution in [1.82, 2.24) is 0 Å². The summed E-state index contributed by atoms with van der Waals surface area (Å²) in [6, 6.07) is 22.9. The van der Waals surface area contributed by atoms with E-state index in [2.05, 4.69) is 80.7 Å². The Labute approximate surface area is 111 Å². The Hall–Kier alpha value is -1.60. The average molecular weight is 252 g/mol. The molecule has 0 saturated heterocycles. The topological polar surface area (TPSA) is 0 Å². The summed E-state index contributed by atoms with van der Waals surface area (Å²) in [6.07, 6.45) is 0. The first-order valence-corrected chi connectivity index (χ1v) is 9.09. The maximum Gasteiger partial charge on any atom is 0.119 e. The highest BCUT2D eigenvalue weighted by Gasteiger charge is 2.31. The molecule has 0 aliphatic carbocycles. The van der Waals surface area contributed by atoms with Gasteiger partial charge in [0, 0.05) is 0 Å². The average Bonchev–Trinajstić information content (AvgIpc) is 2.40. The van der Waals surface area contributed by atoms with Crippen molar-refractivity contribution in [3.63, 3.8) is 0 Å². The first-order valence-electron chi connectivity index (χ1n) is 6.38. The fourth-order valence-electron chi connectivity index (χ4n) is 2.59. The Morgan fingerprint density at radius 2 is 1.28 bits per heavy atom. The normalized spacial score (nSPS) is 11.2. The van der Waals surface area contributed by atoms with E-state index >= 15 is 0 Å². The molecule has 0 aliphatic rings. The van der Waals surface area contributed by atoms with Crippen LogP contribution in [0.1, 0.15) is 6.92 Å². The lowest BCUT2D eigenvalue weighted by Gasteiger charge is -2.29. The molecule has 0 nitrogen and oxygen atoms in total. The number of allylic oxidation sites excluding steroid dienone is 1. The zero-order valence-electron chi connectivity index (χ0n) is 11.2. The maximum atomic E-state index is 4.13. The zero-order valence-corrected chi connectivity index (χ0v) is 12.2. The van der Waals surface area contributed by atoms with Gasteiger partial charge in [-0.25, -0.2) is 0 Å². The van der Waals surface area contributed by atoms with Gasteiger partial charge in [-0.3, -0.25) is 0 Å². The third-order valence-electron chi connectivity index (χ3n) is 3.48. The van der Waals surface area contributed by atoms with E-state index in [1.165, 1.54) is 15.9 Å². The molecule has 2 rings (SSSR count). The summed E-state index contributed by atoms with van der Waals surface area (Å²) in [5.41, 5.74) is 1.27. The summed E-state index contributed by atoms with van der Waals surface area (Å²) in [5.74, 6) is 0. The van der Waals surface area contributed by atoms with Crippen molar-refractivity contribution in [1.29, 1.82) is 0 Å². The summed E-state index contributed by atoms with van der Waals surface area (Å²) in [5, 5.41) is 2.97. The molecule has 0 spiro atoms. The lowest BCUT2D eigenvalue weighted by atomic mass is 10.4. The molecule has 0 bridgehead atoms. The van der Waals surface area contributed by atoms with E-state index in [0.29, 0.717) is 0 Å². The largest absolute Gasteiger partial charge is 0.119 e. The van der Waals surface area contributed by atoms with Gasteiger partial charge in [-0.2, -0.15) is 0 Å². The molecule has 92 valence electrons. The van der Waals surface area contributed by atoms with Crippen molar-refractivity contribution in [3.05, 3.63) is 72.8 Å². The van der Waals surface area contributed by atoms with E-state index in [0.717, 1.165) is 6.04 Å². The molecule has 0 amide bonds. The van der Waals surface area contributed by atoms with E-state index < -0.39 is 8.07 Å². The van der Waals surface area contributed by atoms with Crippen LogP contribution in [-0.4, -0.2) is 8.07 Å². The van der Waals surface area contributed by atoms with Crippen LogP contribution in [0.2, 0.25) is 12.6 Å². The predicted molar refractivity (Wildman–Crippen MR) is 83.4 cm³/mol. The highest BCUT2D eigenvalue weighted by Crippen LogP contribution is 2.15. The molecule has 0 heterocycles. The molecular formula is C17H20Si. The molecule has 0 fully saturated rings. The minimum Gasteiger partial charge on any atom is -0.100 e. The highest BCUT2D eigenvalue weighted by molar-refractivity contribution is 7.01. The van der Waals surface area contributed by atoms with E-state index in [4.69, 9.17) is 0 Å². The minimum absolute atomic E-state index is 1.11. The van der Waals surface area contributed by atoms with Gasteiger partial charge in [0.15, 0.2) is 0 Å². The molecule has 0 aliphatic heterocycles. The third kappa shape index (κ3) is 2.62. The Bertz CT molecular complexity index is 474.